The quantitative estimate of drug-likeness (QED) is 0.906. The van der Waals surface area contributed by atoms with Gasteiger partial charge in [-0.25, -0.2) is 0 Å². The summed E-state index contributed by atoms with van der Waals surface area (Å²) >= 11 is 0. The molecule has 1 amide bonds. The number of anilines is 1. The molecule has 136 valence electrons. The number of ether oxygens (including phenoxy) is 1. The molecule has 1 aliphatic carbocycles. The molecule has 0 bridgehead atoms. The number of para-hydroxylation sites is 1. The highest BCUT2D eigenvalue weighted by Gasteiger charge is 2.71. The second-order valence-electron chi connectivity index (χ2n) is 7.74. The highest BCUT2D eigenvalue weighted by molar-refractivity contribution is 5.87. The SMILES string of the molecule is O=C(N1CCN(c2ccccc2)CC1)C1(CCO)CC12CCOCC2. The van der Waals surface area contributed by atoms with Gasteiger partial charge in [-0.1, -0.05) is 18.2 Å². The van der Waals surface area contributed by atoms with Crippen molar-refractivity contribution in [1.29, 1.82) is 0 Å². The van der Waals surface area contributed by atoms with Crippen LogP contribution in [-0.2, 0) is 9.53 Å². The van der Waals surface area contributed by atoms with Crippen LogP contribution in [0.1, 0.15) is 25.7 Å². The fraction of sp³-hybridized carbons (Fsp3) is 0.650. The lowest BCUT2D eigenvalue weighted by Crippen LogP contribution is -2.52. The summed E-state index contributed by atoms with van der Waals surface area (Å²) in [6, 6.07) is 10.4. The number of carbonyl (C=O) groups is 1. The van der Waals surface area contributed by atoms with Crippen molar-refractivity contribution in [2.24, 2.45) is 10.8 Å². The van der Waals surface area contributed by atoms with E-state index in [0.717, 1.165) is 58.7 Å². The van der Waals surface area contributed by atoms with E-state index in [1.807, 2.05) is 11.0 Å². The zero-order chi connectivity index (χ0) is 17.3. The van der Waals surface area contributed by atoms with Crippen LogP contribution in [0, 0.1) is 10.8 Å². The average molecular weight is 344 g/mol. The lowest BCUT2D eigenvalue weighted by molar-refractivity contribution is -0.140. The third-order valence-corrected chi connectivity index (χ3v) is 6.62. The molecule has 2 saturated heterocycles. The van der Waals surface area contributed by atoms with E-state index in [2.05, 4.69) is 29.2 Å². The first kappa shape index (κ1) is 16.9. The molecule has 1 aromatic carbocycles. The van der Waals surface area contributed by atoms with Gasteiger partial charge in [0, 0.05) is 51.7 Å². The number of piperazine rings is 1. The minimum absolute atomic E-state index is 0.0849. The Morgan fingerprint density at radius 2 is 1.76 bits per heavy atom. The summed E-state index contributed by atoms with van der Waals surface area (Å²) in [5, 5.41) is 9.58. The van der Waals surface area contributed by atoms with Crippen LogP contribution in [0.25, 0.3) is 0 Å². The Bertz CT molecular complexity index is 607. The molecule has 0 radical (unpaired) electrons. The fourth-order valence-corrected chi connectivity index (χ4v) is 5.01. The molecule has 1 saturated carbocycles. The molecule has 3 aliphatic rings. The number of nitrogens with zero attached hydrogens (tertiary/aromatic N) is 2. The van der Waals surface area contributed by atoms with E-state index >= 15 is 0 Å². The van der Waals surface area contributed by atoms with Crippen molar-refractivity contribution < 1.29 is 14.6 Å². The van der Waals surface area contributed by atoms with E-state index in [0.29, 0.717) is 6.42 Å². The van der Waals surface area contributed by atoms with Gasteiger partial charge in [0.05, 0.1) is 5.41 Å². The van der Waals surface area contributed by atoms with Gasteiger partial charge in [0.1, 0.15) is 0 Å². The molecule has 5 heteroatoms. The standard InChI is InChI=1S/C20H28N2O3/c23-13-6-20(16-19(20)7-14-25-15-8-19)18(24)22-11-9-21(10-12-22)17-4-2-1-3-5-17/h1-5,23H,6-16H2. The van der Waals surface area contributed by atoms with Gasteiger partial charge >= 0.3 is 0 Å². The van der Waals surface area contributed by atoms with Crippen molar-refractivity contribution >= 4 is 11.6 Å². The molecule has 0 aromatic heterocycles. The molecule has 1 atom stereocenters. The van der Waals surface area contributed by atoms with E-state index < -0.39 is 0 Å². The second kappa shape index (κ2) is 6.61. The maximum atomic E-state index is 13.3. The van der Waals surface area contributed by atoms with Crippen molar-refractivity contribution in [2.45, 2.75) is 25.7 Å². The zero-order valence-electron chi connectivity index (χ0n) is 14.8. The highest BCUT2D eigenvalue weighted by atomic mass is 16.5. The van der Waals surface area contributed by atoms with Gasteiger partial charge in [0.25, 0.3) is 0 Å². The summed E-state index contributed by atoms with van der Waals surface area (Å²) in [5.74, 6) is 0.274. The first-order chi connectivity index (χ1) is 12.2. The topological polar surface area (TPSA) is 53.0 Å². The van der Waals surface area contributed by atoms with Crippen LogP contribution in [0.3, 0.4) is 0 Å². The number of rotatable bonds is 4. The number of aliphatic hydroxyl groups is 1. The summed E-state index contributed by atoms with van der Waals surface area (Å²) in [6.45, 7) is 4.89. The van der Waals surface area contributed by atoms with E-state index in [1.165, 1.54) is 5.69 Å². The predicted molar refractivity (Wildman–Crippen MR) is 96.5 cm³/mol. The van der Waals surface area contributed by atoms with Crippen LogP contribution in [-0.4, -0.2) is 61.9 Å². The fourth-order valence-electron chi connectivity index (χ4n) is 5.01. The summed E-state index contributed by atoms with van der Waals surface area (Å²) in [7, 11) is 0. The number of aliphatic hydroxyl groups excluding tert-OH is 1. The maximum absolute atomic E-state index is 13.3. The third-order valence-electron chi connectivity index (χ3n) is 6.62. The number of benzene rings is 1. The van der Waals surface area contributed by atoms with Gasteiger partial charge in [0.15, 0.2) is 0 Å². The molecule has 1 unspecified atom stereocenters. The summed E-state index contributed by atoms with van der Waals surface area (Å²) in [4.78, 5) is 17.7. The Morgan fingerprint density at radius 1 is 1.08 bits per heavy atom. The van der Waals surface area contributed by atoms with E-state index in [9.17, 15) is 9.90 Å². The largest absolute Gasteiger partial charge is 0.396 e. The number of carbonyl (C=O) groups excluding carboxylic acids is 1. The van der Waals surface area contributed by atoms with Crippen LogP contribution in [0.2, 0.25) is 0 Å². The molecular weight excluding hydrogens is 316 g/mol. The van der Waals surface area contributed by atoms with Gasteiger partial charge in [0.2, 0.25) is 5.91 Å². The average Bonchev–Trinajstić information content (AvgIpc) is 3.29. The molecule has 5 nitrogen and oxygen atoms in total. The molecule has 25 heavy (non-hydrogen) atoms. The van der Waals surface area contributed by atoms with Crippen molar-refractivity contribution in [3.05, 3.63) is 30.3 Å². The monoisotopic (exact) mass is 344 g/mol. The van der Waals surface area contributed by atoms with Crippen LogP contribution >= 0.6 is 0 Å². The van der Waals surface area contributed by atoms with Crippen molar-refractivity contribution in [3.8, 4) is 0 Å². The minimum atomic E-state index is -0.333. The van der Waals surface area contributed by atoms with Crippen LogP contribution in [0.15, 0.2) is 30.3 Å². The Balaban J connectivity index is 1.43. The molecule has 2 aliphatic heterocycles. The normalized spacial score (nSPS) is 28.2. The minimum Gasteiger partial charge on any atom is -0.396 e. The lowest BCUT2D eigenvalue weighted by atomic mass is 9.83. The molecule has 4 rings (SSSR count). The lowest BCUT2D eigenvalue weighted by Gasteiger charge is -2.39. The van der Waals surface area contributed by atoms with Gasteiger partial charge < -0.3 is 19.6 Å². The van der Waals surface area contributed by atoms with Crippen molar-refractivity contribution in [3.63, 3.8) is 0 Å². The number of amides is 1. The third kappa shape index (κ3) is 2.83. The Labute approximate surface area is 149 Å². The molecule has 1 aromatic rings. The van der Waals surface area contributed by atoms with Crippen molar-refractivity contribution in [2.75, 3.05) is 50.9 Å². The molecule has 3 fully saturated rings. The first-order valence-corrected chi connectivity index (χ1v) is 9.49. The van der Waals surface area contributed by atoms with Gasteiger partial charge in [-0.3, -0.25) is 4.79 Å². The Hall–Kier alpha value is -1.59. The van der Waals surface area contributed by atoms with Crippen molar-refractivity contribution in [1.82, 2.24) is 4.90 Å². The summed E-state index contributed by atoms with van der Waals surface area (Å²) in [6.07, 6.45) is 3.46. The van der Waals surface area contributed by atoms with Crippen LogP contribution in [0.4, 0.5) is 5.69 Å². The van der Waals surface area contributed by atoms with E-state index in [1.54, 1.807) is 0 Å². The number of hydrogen-bond donors (Lipinski definition) is 1. The smallest absolute Gasteiger partial charge is 0.229 e. The van der Waals surface area contributed by atoms with Crippen LogP contribution < -0.4 is 4.90 Å². The zero-order valence-corrected chi connectivity index (χ0v) is 14.8. The van der Waals surface area contributed by atoms with E-state index in [4.69, 9.17) is 4.74 Å². The second-order valence-corrected chi connectivity index (χ2v) is 7.74. The maximum Gasteiger partial charge on any atom is 0.229 e. The number of hydrogen-bond acceptors (Lipinski definition) is 4. The highest BCUT2D eigenvalue weighted by Crippen LogP contribution is 2.71. The molecular formula is C20H28N2O3. The van der Waals surface area contributed by atoms with Crippen LogP contribution in [0.5, 0.6) is 0 Å². The van der Waals surface area contributed by atoms with Gasteiger partial charge in [-0.15, -0.1) is 0 Å². The molecule has 1 N–H and O–H groups in total. The Morgan fingerprint density at radius 3 is 2.40 bits per heavy atom. The van der Waals surface area contributed by atoms with Gasteiger partial charge in [-0.2, -0.15) is 0 Å². The Kier molecular flexibility index (Phi) is 4.46. The first-order valence-electron chi connectivity index (χ1n) is 9.49. The molecule has 1 spiro atoms. The van der Waals surface area contributed by atoms with E-state index in [-0.39, 0.29) is 23.3 Å². The van der Waals surface area contributed by atoms with Gasteiger partial charge in [-0.05, 0) is 43.2 Å². The predicted octanol–water partition coefficient (Wildman–Crippen LogP) is 1.90. The molecule has 2 heterocycles. The summed E-state index contributed by atoms with van der Waals surface area (Å²) < 4.78 is 5.51. The summed E-state index contributed by atoms with van der Waals surface area (Å²) in [5.41, 5.74) is 0.981.